The number of imidazole rings is 1. The van der Waals surface area contributed by atoms with Crippen molar-refractivity contribution in [3.05, 3.63) is 28.1 Å². The second-order valence-electron chi connectivity index (χ2n) is 3.10. The van der Waals surface area contributed by atoms with Crippen LogP contribution >= 0.6 is 15.9 Å². The lowest BCUT2D eigenvalue weighted by Crippen LogP contribution is -1.93. The van der Waals surface area contributed by atoms with Crippen molar-refractivity contribution in [2.45, 2.75) is 13.8 Å². The average Bonchev–Trinajstić information content (AvgIpc) is 2.32. The Bertz CT molecular complexity index is 473. The number of fused-ring (bicyclic) bond motifs is 1. The van der Waals surface area contributed by atoms with Gasteiger partial charge in [0.2, 0.25) is 0 Å². The number of halogens is 1. The maximum absolute atomic E-state index is 5.72. The van der Waals surface area contributed by atoms with Crippen LogP contribution in [0.2, 0.25) is 0 Å². The molecule has 0 atom stereocenters. The first-order chi connectivity index (χ1) is 6.09. The minimum Gasteiger partial charge on any atom is -0.397 e. The van der Waals surface area contributed by atoms with E-state index < -0.39 is 0 Å². The molecule has 68 valence electrons. The Morgan fingerprint density at radius 1 is 1.46 bits per heavy atom. The highest BCUT2D eigenvalue weighted by atomic mass is 79.9. The predicted octanol–water partition coefficient (Wildman–Crippen LogP) is 2.30. The van der Waals surface area contributed by atoms with E-state index >= 15 is 0 Å². The fraction of sp³-hybridized carbons (Fsp3) is 0.222. The highest BCUT2D eigenvalue weighted by Crippen LogP contribution is 2.22. The molecule has 2 N–H and O–H groups in total. The van der Waals surface area contributed by atoms with Gasteiger partial charge in [0, 0.05) is 17.6 Å². The summed E-state index contributed by atoms with van der Waals surface area (Å²) >= 11 is 3.43. The van der Waals surface area contributed by atoms with E-state index in [1.165, 1.54) is 0 Å². The monoisotopic (exact) mass is 239 g/mol. The third-order valence-electron chi connectivity index (χ3n) is 2.17. The van der Waals surface area contributed by atoms with Gasteiger partial charge in [-0.2, -0.15) is 0 Å². The number of rotatable bonds is 0. The van der Waals surface area contributed by atoms with Crippen LogP contribution in [0.15, 0.2) is 16.7 Å². The van der Waals surface area contributed by atoms with Crippen LogP contribution in [0, 0.1) is 13.8 Å². The highest BCUT2D eigenvalue weighted by Gasteiger charge is 2.07. The molecule has 0 amide bonds. The van der Waals surface area contributed by atoms with Gasteiger partial charge in [-0.15, -0.1) is 0 Å². The number of aromatic nitrogens is 2. The Morgan fingerprint density at radius 2 is 2.15 bits per heavy atom. The average molecular weight is 240 g/mol. The van der Waals surface area contributed by atoms with Gasteiger partial charge in [-0.1, -0.05) is 0 Å². The van der Waals surface area contributed by atoms with E-state index in [0.29, 0.717) is 0 Å². The van der Waals surface area contributed by atoms with Crippen LogP contribution in [0.4, 0.5) is 5.69 Å². The summed E-state index contributed by atoms with van der Waals surface area (Å²) in [5, 5.41) is 0. The minimum atomic E-state index is 0.736. The van der Waals surface area contributed by atoms with Crippen molar-refractivity contribution in [3.63, 3.8) is 0 Å². The van der Waals surface area contributed by atoms with Gasteiger partial charge in [0.15, 0.2) is 5.65 Å². The molecule has 2 aromatic rings. The lowest BCUT2D eigenvalue weighted by atomic mass is 10.4. The Morgan fingerprint density at radius 3 is 2.85 bits per heavy atom. The fourth-order valence-electron chi connectivity index (χ4n) is 1.35. The van der Waals surface area contributed by atoms with Crippen molar-refractivity contribution in [3.8, 4) is 0 Å². The lowest BCUT2D eigenvalue weighted by Gasteiger charge is -2.00. The second kappa shape index (κ2) is 2.73. The fourth-order valence-corrected chi connectivity index (χ4v) is 1.89. The third-order valence-corrected chi connectivity index (χ3v) is 2.76. The molecule has 13 heavy (non-hydrogen) atoms. The molecule has 0 aliphatic heterocycles. The van der Waals surface area contributed by atoms with Crippen LogP contribution in [-0.2, 0) is 0 Å². The lowest BCUT2D eigenvalue weighted by molar-refractivity contribution is 1.09. The standard InChI is InChI=1S/C9H10BrN3/c1-5-6(2)13-4-7(11)3-8(10)9(13)12-5/h3-4H,11H2,1-2H3. The van der Waals surface area contributed by atoms with Crippen molar-refractivity contribution in [1.82, 2.24) is 9.38 Å². The summed E-state index contributed by atoms with van der Waals surface area (Å²) in [6, 6.07) is 1.86. The molecule has 2 heterocycles. The SMILES string of the molecule is Cc1nc2c(Br)cc(N)cn2c1C. The quantitative estimate of drug-likeness (QED) is 0.767. The first-order valence-electron chi connectivity index (χ1n) is 4.00. The Labute approximate surface area is 84.7 Å². The number of anilines is 1. The van der Waals surface area contributed by atoms with Crippen molar-refractivity contribution in [2.24, 2.45) is 0 Å². The molecule has 0 saturated heterocycles. The van der Waals surface area contributed by atoms with Crippen molar-refractivity contribution < 1.29 is 0 Å². The number of nitrogens with two attached hydrogens (primary N) is 1. The molecular weight excluding hydrogens is 230 g/mol. The first-order valence-corrected chi connectivity index (χ1v) is 4.79. The minimum absolute atomic E-state index is 0.736. The van der Waals surface area contributed by atoms with Crippen molar-refractivity contribution >= 4 is 27.3 Å². The smallest absolute Gasteiger partial charge is 0.151 e. The Balaban J connectivity index is 2.94. The molecule has 3 nitrogen and oxygen atoms in total. The Kier molecular flexibility index (Phi) is 1.80. The summed E-state index contributed by atoms with van der Waals surface area (Å²) in [4.78, 5) is 4.41. The van der Waals surface area contributed by atoms with Crippen LogP contribution in [0.25, 0.3) is 5.65 Å². The number of hydrogen-bond donors (Lipinski definition) is 1. The molecule has 0 aliphatic rings. The largest absolute Gasteiger partial charge is 0.397 e. The van der Waals surface area contributed by atoms with Crippen molar-refractivity contribution in [1.29, 1.82) is 0 Å². The molecule has 4 heteroatoms. The highest BCUT2D eigenvalue weighted by molar-refractivity contribution is 9.10. The van der Waals surface area contributed by atoms with Gasteiger partial charge in [-0.3, -0.25) is 0 Å². The van der Waals surface area contributed by atoms with E-state index in [9.17, 15) is 0 Å². The molecule has 2 aromatic heterocycles. The first kappa shape index (κ1) is 8.56. The molecule has 0 aliphatic carbocycles. The van der Waals surface area contributed by atoms with Crippen LogP contribution in [-0.4, -0.2) is 9.38 Å². The molecule has 0 aromatic carbocycles. The normalized spacial score (nSPS) is 11.0. The number of pyridine rings is 1. The van der Waals surface area contributed by atoms with E-state index in [1.807, 2.05) is 30.5 Å². The van der Waals surface area contributed by atoms with Gasteiger partial charge in [-0.25, -0.2) is 4.98 Å². The third kappa shape index (κ3) is 1.21. The molecule has 0 fully saturated rings. The van der Waals surface area contributed by atoms with E-state index in [2.05, 4.69) is 20.9 Å². The zero-order chi connectivity index (χ0) is 9.59. The molecule has 0 saturated carbocycles. The van der Waals surface area contributed by atoms with Crippen molar-refractivity contribution in [2.75, 3.05) is 5.73 Å². The summed E-state index contributed by atoms with van der Waals surface area (Å²) in [6.07, 6.45) is 1.88. The molecule has 2 rings (SSSR count). The van der Waals surface area contributed by atoms with E-state index in [0.717, 1.165) is 27.2 Å². The number of aryl methyl sites for hydroxylation is 2. The van der Waals surface area contributed by atoms with Gasteiger partial charge in [-0.05, 0) is 35.8 Å². The summed E-state index contributed by atoms with van der Waals surface area (Å²) in [5.74, 6) is 0. The summed E-state index contributed by atoms with van der Waals surface area (Å²) in [7, 11) is 0. The topological polar surface area (TPSA) is 43.3 Å². The van der Waals surface area contributed by atoms with E-state index in [4.69, 9.17) is 5.73 Å². The van der Waals surface area contributed by atoms with Gasteiger partial charge >= 0.3 is 0 Å². The van der Waals surface area contributed by atoms with Gasteiger partial charge in [0.25, 0.3) is 0 Å². The number of nitrogens with zero attached hydrogens (tertiary/aromatic N) is 2. The van der Waals surface area contributed by atoms with Gasteiger partial charge < -0.3 is 10.1 Å². The predicted molar refractivity (Wildman–Crippen MR) is 56.8 cm³/mol. The molecule has 0 radical (unpaired) electrons. The zero-order valence-corrected chi connectivity index (χ0v) is 9.09. The summed E-state index contributed by atoms with van der Waals surface area (Å²) < 4.78 is 2.93. The maximum Gasteiger partial charge on any atom is 0.151 e. The van der Waals surface area contributed by atoms with Crippen LogP contribution in [0.3, 0.4) is 0 Å². The molecule has 0 spiro atoms. The zero-order valence-electron chi connectivity index (χ0n) is 7.50. The molecule has 0 unspecified atom stereocenters. The summed E-state index contributed by atoms with van der Waals surface area (Å²) in [5.41, 5.74) is 9.54. The number of hydrogen-bond acceptors (Lipinski definition) is 2. The second-order valence-corrected chi connectivity index (χ2v) is 3.95. The Hall–Kier alpha value is -1.03. The van der Waals surface area contributed by atoms with Crippen LogP contribution in [0.5, 0.6) is 0 Å². The van der Waals surface area contributed by atoms with Crippen LogP contribution < -0.4 is 5.73 Å². The summed E-state index contributed by atoms with van der Waals surface area (Å²) in [6.45, 7) is 4.02. The maximum atomic E-state index is 5.72. The van der Waals surface area contributed by atoms with E-state index in [1.54, 1.807) is 0 Å². The van der Waals surface area contributed by atoms with Gasteiger partial charge in [0.1, 0.15) is 0 Å². The number of nitrogen functional groups attached to an aromatic ring is 1. The van der Waals surface area contributed by atoms with E-state index in [-0.39, 0.29) is 0 Å². The molecular formula is C9H10BrN3. The van der Waals surface area contributed by atoms with Crippen LogP contribution in [0.1, 0.15) is 11.4 Å². The molecule has 0 bridgehead atoms. The van der Waals surface area contributed by atoms with Gasteiger partial charge in [0.05, 0.1) is 10.2 Å².